The summed E-state index contributed by atoms with van der Waals surface area (Å²) in [6, 6.07) is 14.5. The molecule has 0 spiro atoms. The number of benzene rings is 3. The van der Waals surface area contributed by atoms with Gasteiger partial charge in [0.1, 0.15) is 24.0 Å². The van der Waals surface area contributed by atoms with Gasteiger partial charge in [0.2, 0.25) is 0 Å². The van der Waals surface area contributed by atoms with Crippen molar-refractivity contribution in [1.29, 1.82) is 0 Å². The third-order valence-corrected chi connectivity index (χ3v) is 4.71. The molecule has 0 heterocycles. The Hall–Kier alpha value is -3.49. The molecule has 10 heteroatoms. The summed E-state index contributed by atoms with van der Waals surface area (Å²) in [4.78, 5) is 23.7. The predicted octanol–water partition coefficient (Wildman–Crippen LogP) is 4.94. The smallest absolute Gasteiger partial charge is 0.329 e. The summed E-state index contributed by atoms with van der Waals surface area (Å²) in [6.07, 6.45) is 1.29. The first-order chi connectivity index (χ1) is 15.3. The van der Waals surface area contributed by atoms with Crippen LogP contribution in [-0.4, -0.2) is 18.0 Å². The van der Waals surface area contributed by atoms with Gasteiger partial charge in [-0.2, -0.15) is 5.10 Å². The van der Waals surface area contributed by atoms with E-state index in [1.807, 2.05) is 0 Å². The lowest BCUT2D eigenvalue weighted by Gasteiger charge is -2.09. The van der Waals surface area contributed by atoms with Crippen molar-refractivity contribution in [2.45, 2.75) is 6.61 Å². The van der Waals surface area contributed by atoms with Crippen molar-refractivity contribution in [1.82, 2.24) is 5.43 Å². The second-order valence-electron chi connectivity index (χ2n) is 6.34. The minimum atomic E-state index is -1.04. The zero-order valence-corrected chi connectivity index (χ0v) is 17.8. The topological polar surface area (TPSA) is 79.8 Å². The highest BCUT2D eigenvalue weighted by Gasteiger charge is 2.13. The minimum Gasteiger partial charge on any atom is -0.489 e. The molecule has 0 aliphatic heterocycles. The van der Waals surface area contributed by atoms with E-state index in [9.17, 15) is 18.4 Å². The summed E-state index contributed by atoms with van der Waals surface area (Å²) in [5.74, 6) is -2.75. The predicted molar refractivity (Wildman–Crippen MR) is 118 cm³/mol. The van der Waals surface area contributed by atoms with Gasteiger partial charge < -0.3 is 10.1 Å². The van der Waals surface area contributed by atoms with Crippen LogP contribution in [0.4, 0.5) is 14.5 Å². The van der Waals surface area contributed by atoms with Crippen LogP contribution in [-0.2, 0) is 16.2 Å². The summed E-state index contributed by atoms with van der Waals surface area (Å²) >= 11 is 11.6. The van der Waals surface area contributed by atoms with Crippen molar-refractivity contribution in [2.24, 2.45) is 5.10 Å². The molecule has 0 aliphatic rings. The van der Waals surface area contributed by atoms with Crippen molar-refractivity contribution >= 4 is 46.9 Å². The maximum absolute atomic E-state index is 13.8. The summed E-state index contributed by atoms with van der Waals surface area (Å²) in [5.41, 5.74) is 3.01. The first-order valence-corrected chi connectivity index (χ1v) is 9.84. The third-order valence-electron chi connectivity index (χ3n) is 4.07. The molecule has 0 atom stereocenters. The van der Waals surface area contributed by atoms with Gasteiger partial charge in [0.25, 0.3) is 0 Å². The number of rotatable bonds is 6. The number of hydrogen-bond donors (Lipinski definition) is 2. The van der Waals surface area contributed by atoms with Crippen LogP contribution < -0.4 is 15.5 Å². The maximum Gasteiger partial charge on any atom is 0.329 e. The molecule has 0 bridgehead atoms. The molecule has 32 heavy (non-hydrogen) atoms. The summed E-state index contributed by atoms with van der Waals surface area (Å²) < 4.78 is 32.5. The fourth-order valence-electron chi connectivity index (χ4n) is 2.49. The molecule has 164 valence electrons. The SMILES string of the molecule is O=C(N/N=C/c1cccc(OCc2c(F)cccc2Cl)c1)C(=O)Nc1ccc(F)c(Cl)c1. The van der Waals surface area contributed by atoms with E-state index in [0.717, 1.165) is 6.07 Å². The van der Waals surface area contributed by atoms with Crippen LogP contribution in [0.2, 0.25) is 10.0 Å². The highest BCUT2D eigenvalue weighted by Crippen LogP contribution is 2.22. The number of halogens is 4. The molecule has 0 saturated heterocycles. The lowest BCUT2D eigenvalue weighted by atomic mass is 10.2. The van der Waals surface area contributed by atoms with E-state index in [-0.39, 0.29) is 27.9 Å². The van der Waals surface area contributed by atoms with Crippen LogP contribution in [0.1, 0.15) is 11.1 Å². The average Bonchev–Trinajstić information content (AvgIpc) is 2.76. The fraction of sp³-hybridized carbons (Fsp3) is 0.0455. The number of nitrogens with one attached hydrogen (secondary N) is 2. The van der Waals surface area contributed by atoms with E-state index in [2.05, 4.69) is 15.8 Å². The Morgan fingerprint density at radius 1 is 0.938 bits per heavy atom. The zero-order valence-electron chi connectivity index (χ0n) is 16.2. The number of hydrazone groups is 1. The molecule has 0 fully saturated rings. The number of nitrogens with zero attached hydrogens (tertiary/aromatic N) is 1. The van der Waals surface area contributed by atoms with E-state index >= 15 is 0 Å². The van der Waals surface area contributed by atoms with Gasteiger partial charge in [0.15, 0.2) is 0 Å². The minimum absolute atomic E-state index is 0.0730. The van der Waals surface area contributed by atoms with Gasteiger partial charge in [-0.3, -0.25) is 9.59 Å². The van der Waals surface area contributed by atoms with E-state index in [1.165, 1.54) is 30.5 Å². The molecule has 3 aromatic rings. The molecule has 0 aromatic heterocycles. The summed E-state index contributed by atoms with van der Waals surface area (Å²) in [6.45, 7) is -0.0730. The van der Waals surface area contributed by atoms with Crippen LogP contribution in [0.25, 0.3) is 0 Å². The van der Waals surface area contributed by atoms with Gasteiger partial charge in [-0.25, -0.2) is 14.2 Å². The van der Waals surface area contributed by atoms with Crippen molar-refractivity contribution in [3.8, 4) is 5.75 Å². The molecule has 0 radical (unpaired) electrons. The largest absolute Gasteiger partial charge is 0.489 e. The maximum atomic E-state index is 13.8. The molecule has 2 amide bonds. The Kier molecular flexibility index (Phi) is 7.75. The standard InChI is InChI=1S/C22H15Cl2F2N3O3/c23-17-5-2-6-19(25)16(17)12-32-15-4-1-3-13(9-15)11-27-29-22(31)21(30)28-14-7-8-20(26)18(24)10-14/h1-11H,12H2,(H,28,30)(H,29,31)/b27-11+. The van der Waals surface area contributed by atoms with Crippen LogP contribution in [0.5, 0.6) is 5.75 Å². The van der Waals surface area contributed by atoms with Crippen LogP contribution in [0.3, 0.4) is 0 Å². The highest BCUT2D eigenvalue weighted by atomic mass is 35.5. The third kappa shape index (κ3) is 6.26. The van der Waals surface area contributed by atoms with Crippen molar-refractivity contribution in [3.05, 3.63) is 93.5 Å². The second-order valence-corrected chi connectivity index (χ2v) is 7.16. The number of carbonyl (C=O) groups excluding carboxylic acids is 2. The number of anilines is 1. The van der Waals surface area contributed by atoms with Crippen molar-refractivity contribution < 1.29 is 23.1 Å². The van der Waals surface area contributed by atoms with Crippen LogP contribution in [0, 0.1) is 11.6 Å². The molecule has 6 nitrogen and oxygen atoms in total. The van der Waals surface area contributed by atoms with Gasteiger partial charge in [-0.15, -0.1) is 0 Å². The molecule has 3 rings (SSSR count). The highest BCUT2D eigenvalue weighted by molar-refractivity contribution is 6.39. The molecular weight excluding hydrogens is 463 g/mol. The monoisotopic (exact) mass is 477 g/mol. The fourth-order valence-corrected chi connectivity index (χ4v) is 2.89. The van der Waals surface area contributed by atoms with E-state index in [0.29, 0.717) is 11.3 Å². The van der Waals surface area contributed by atoms with Gasteiger partial charge in [-0.1, -0.05) is 41.4 Å². The number of hydrogen-bond acceptors (Lipinski definition) is 4. The van der Waals surface area contributed by atoms with Gasteiger partial charge >= 0.3 is 11.8 Å². The lowest BCUT2D eigenvalue weighted by Crippen LogP contribution is -2.32. The van der Waals surface area contributed by atoms with E-state index < -0.39 is 23.4 Å². The Morgan fingerprint density at radius 3 is 2.47 bits per heavy atom. The molecule has 0 unspecified atom stereocenters. The average molecular weight is 478 g/mol. The molecule has 0 saturated carbocycles. The molecule has 3 aromatic carbocycles. The lowest BCUT2D eigenvalue weighted by molar-refractivity contribution is -0.136. The quantitative estimate of drug-likeness (QED) is 0.299. The zero-order chi connectivity index (χ0) is 23.1. The van der Waals surface area contributed by atoms with Crippen LogP contribution >= 0.6 is 23.2 Å². The Balaban J connectivity index is 1.55. The molecular formula is C22H15Cl2F2N3O3. The van der Waals surface area contributed by atoms with E-state index in [1.54, 1.807) is 30.3 Å². The normalized spacial score (nSPS) is 10.8. The summed E-state index contributed by atoms with van der Waals surface area (Å²) in [7, 11) is 0. The Bertz CT molecular complexity index is 1170. The van der Waals surface area contributed by atoms with E-state index in [4.69, 9.17) is 27.9 Å². The number of ether oxygens (including phenoxy) is 1. The van der Waals surface area contributed by atoms with Crippen molar-refractivity contribution in [2.75, 3.05) is 5.32 Å². The van der Waals surface area contributed by atoms with Gasteiger partial charge in [-0.05, 0) is 48.0 Å². The van der Waals surface area contributed by atoms with Gasteiger partial charge in [0, 0.05) is 11.3 Å². The first-order valence-electron chi connectivity index (χ1n) is 9.08. The Morgan fingerprint density at radius 2 is 1.72 bits per heavy atom. The van der Waals surface area contributed by atoms with Crippen molar-refractivity contribution in [3.63, 3.8) is 0 Å². The summed E-state index contributed by atoms with van der Waals surface area (Å²) in [5, 5.41) is 6.05. The second kappa shape index (κ2) is 10.7. The number of amides is 2. The molecule has 2 N–H and O–H groups in total. The van der Waals surface area contributed by atoms with Crippen LogP contribution in [0.15, 0.2) is 65.8 Å². The first kappa shape index (κ1) is 23.2. The number of carbonyl (C=O) groups is 2. The Labute approximate surface area is 191 Å². The van der Waals surface area contributed by atoms with Gasteiger partial charge in [0.05, 0.1) is 16.3 Å². The molecule has 0 aliphatic carbocycles.